The molecular weight excluding hydrogens is 268 g/mol. The molecular formula is C17H14O4. The zero-order valence-electron chi connectivity index (χ0n) is 11.3. The Bertz CT molecular complexity index is 757. The molecule has 0 spiro atoms. The van der Waals surface area contributed by atoms with Crippen molar-refractivity contribution in [3.63, 3.8) is 0 Å². The average molecular weight is 282 g/mol. The number of hydrogen-bond acceptors (Lipinski definition) is 4. The molecule has 0 amide bonds. The fraction of sp³-hybridized carbons (Fsp3) is 0.176. The second-order valence-electron chi connectivity index (χ2n) is 4.99. The Balaban J connectivity index is 1.71. The summed E-state index contributed by atoms with van der Waals surface area (Å²) in [6, 6.07) is 15.0. The molecule has 1 aliphatic rings. The molecule has 1 N–H and O–H groups in total. The van der Waals surface area contributed by atoms with Crippen LogP contribution in [-0.2, 0) is 0 Å². The average Bonchev–Trinajstić information content (AvgIpc) is 2.97. The van der Waals surface area contributed by atoms with Gasteiger partial charge >= 0.3 is 0 Å². The van der Waals surface area contributed by atoms with Crippen molar-refractivity contribution in [2.75, 3.05) is 13.2 Å². The number of para-hydroxylation sites is 1. The van der Waals surface area contributed by atoms with Gasteiger partial charge in [0.1, 0.15) is 30.7 Å². The molecule has 4 rings (SSSR count). The van der Waals surface area contributed by atoms with Crippen molar-refractivity contribution in [3.05, 3.63) is 59.9 Å². The summed E-state index contributed by atoms with van der Waals surface area (Å²) in [5, 5.41) is 11.5. The predicted octanol–water partition coefficient (Wildman–Crippen LogP) is 3.29. The number of rotatable bonds is 2. The first-order chi connectivity index (χ1) is 10.3. The number of ether oxygens (including phenoxy) is 2. The van der Waals surface area contributed by atoms with Crippen molar-refractivity contribution >= 4 is 11.0 Å². The first-order valence-electron chi connectivity index (χ1n) is 6.87. The van der Waals surface area contributed by atoms with E-state index in [1.807, 2.05) is 42.5 Å². The van der Waals surface area contributed by atoms with Gasteiger partial charge in [-0.05, 0) is 29.8 Å². The van der Waals surface area contributed by atoms with Crippen molar-refractivity contribution in [1.82, 2.24) is 0 Å². The molecule has 1 unspecified atom stereocenters. The standard InChI is InChI=1S/C17H14O4/c18-17(16-9-11-3-1-2-4-13(11)21-16)12-5-6-14-15(10-12)20-8-7-19-14/h1-6,9-10,17-18H,7-8H2. The van der Waals surface area contributed by atoms with E-state index in [-0.39, 0.29) is 0 Å². The van der Waals surface area contributed by atoms with Gasteiger partial charge < -0.3 is 19.0 Å². The highest BCUT2D eigenvalue weighted by atomic mass is 16.6. The smallest absolute Gasteiger partial charge is 0.161 e. The van der Waals surface area contributed by atoms with E-state index in [0.29, 0.717) is 30.5 Å². The monoisotopic (exact) mass is 282 g/mol. The van der Waals surface area contributed by atoms with Crippen LogP contribution >= 0.6 is 0 Å². The molecule has 4 nitrogen and oxygen atoms in total. The van der Waals surface area contributed by atoms with Gasteiger partial charge in [-0.2, -0.15) is 0 Å². The van der Waals surface area contributed by atoms with Crippen LogP contribution in [0.15, 0.2) is 52.9 Å². The van der Waals surface area contributed by atoms with Crippen LogP contribution in [0.2, 0.25) is 0 Å². The van der Waals surface area contributed by atoms with Crippen LogP contribution in [0.1, 0.15) is 17.4 Å². The largest absolute Gasteiger partial charge is 0.486 e. The summed E-state index contributed by atoms with van der Waals surface area (Å²) in [7, 11) is 0. The lowest BCUT2D eigenvalue weighted by atomic mass is 10.1. The van der Waals surface area contributed by atoms with Crippen LogP contribution < -0.4 is 9.47 Å². The lowest BCUT2D eigenvalue weighted by molar-refractivity contribution is 0.168. The van der Waals surface area contributed by atoms with Gasteiger partial charge in [0.25, 0.3) is 0 Å². The van der Waals surface area contributed by atoms with Gasteiger partial charge in [-0.3, -0.25) is 0 Å². The molecule has 1 aromatic heterocycles. The maximum atomic E-state index is 10.5. The zero-order chi connectivity index (χ0) is 14.2. The van der Waals surface area contributed by atoms with E-state index in [4.69, 9.17) is 13.9 Å². The van der Waals surface area contributed by atoms with Gasteiger partial charge in [-0.15, -0.1) is 0 Å². The number of hydrogen-bond donors (Lipinski definition) is 1. The van der Waals surface area contributed by atoms with Gasteiger partial charge in [0.2, 0.25) is 0 Å². The summed E-state index contributed by atoms with van der Waals surface area (Å²) >= 11 is 0. The Hall–Kier alpha value is -2.46. The second kappa shape index (κ2) is 4.82. The first kappa shape index (κ1) is 12.3. The lowest BCUT2D eigenvalue weighted by Gasteiger charge is -2.19. The van der Waals surface area contributed by atoms with E-state index in [9.17, 15) is 5.11 Å². The Morgan fingerprint density at radius 2 is 1.71 bits per heavy atom. The molecule has 0 fully saturated rings. The number of fused-ring (bicyclic) bond motifs is 2. The minimum Gasteiger partial charge on any atom is -0.486 e. The van der Waals surface area contributed by atoms with Gasteiger partial charge in [0, 0.05) is 5.39 Å². The van der Waals surface area contributed by atoms with E-state index >= 15 is 0 Å². The predicted molar refractivity (Wildman–Crippen MR) is 77.7 cm³/mol. The van der Waals surface area contributed by atoms with Gasteiger partial charge in [0.05, 0.1) is 0 Å². The molecule has 0 saturated carbocycles. The third kappa shape index (κ3) is 2.14. The van der Waals surface area contributed by atoms with Crippen LogP contribution in [0.25, 0.3) is 11.0 Å². The summed E-state index contributed by atoms with van der Waals surface area (Å²) in [5.41, 5.74) is 1.49. The van der Waals surface area contributed by atoms with Gasteiger partial charge in [-0.1, -0.05) is 24.3 Å². The molecule has 1 aliphatic heterocycles. The van der Waals surface area contributed by atoms with E-state index in [1.165, 1.54) is 0 Å². The van der Waals surface area contributed by atoms with Crippen LogP contribution in [-0.4, -0.2) is 18.3 Å². The molecule has 0 saturated heterocycles. The highest BCUT2D eigenvalue weighted by Crippen LogP contribution is 2.35. The van der Waals surface area contributed by atoms with Crippen molar-refractivity contribution in [3.8, 4) is 11.5 Å². The normalized spacial score (nSPS) is 15.1. The zero-order valence-corrected chi connectivity index (χ0v) is 11.3. The van der Waals surface area contributed by atoms with E-state index in [2.05, 4.69) is 0 Å². The first-order valence-corrected chi connectivity index (χ1v) is 6.87. The van der Waals surface area contributed by atoms with Crippen LogP contribution in [0.3, 0.4) is 0 Å². The maximum Gasteiger partial charge on any atom is 0.161 e. The maximum absolute atomic E-state index is 10.5. The number of furan rings is 1. The van der Waals surface area contributed by atoms with Crippen molar-refractivity contribution in [1.29, 1.82) is 0 Å². The summed E-state index contributed by atoms with van der Waals surface area (Å²) in [6.45, 7) is 1.08. The third-order valence-electron chi connectivity index (χ3n) is 3.60. The number of aliphatic hydroxyl groups excluding tert-OH is 1. The molecule has 21 heavy (non-hydrogen) atoms. The summed E-state index contributed by atoms with van der Waals surface area (Å²) in [5.74, 6) is 1.89. The molecule has 2 heterocycles. The summed E-state index contributed by atoms with van der Waals surface area (Å²) < 4.78 is 16.7. The lowest BCUT2D eigenvalue weighted by Crippen LogP contribution is -2.15. The Morgan fingerprint density at radius 3 is 2.57 bits per heavy atom. The minimum atomic E-state index is -0.826. The topological polar surface area (TPSA) is 51.8 Å². The third-order valence-corrected chi connectivity index (χ3v) is 3.60. The van der Waals surface area contributed by atoms with Crippen LogP contribution in [0, 0.1) is 0 Å². The Morgan fingerprint density at radius 1 is 0.905 bits per heavy atom. The minimum absolute atomic E-state index is 0.521. The molecule has 106 valence electrons. The number of aliphatic hydroxyl groups is 1. The summed E-state index contributed by atoms with van der Waals surface area (Å²) in [6.07, 6.45) is -0.826. The molecule has 0 bridgehead atoms. The second-order valence-corrected chi connectivity index (χ2v) is 4.99. The molecule has 2 aromatic carbocycles. The van der Waals surface area contributed by atoms with Crippen LogP contribution in [0.5, 0.6) is 11.5 Å². The highest BCUT2D eigenvalue weighted by molar-refractivity contribution is 5.77. The number of benzene rings is 2. The molecule has 1 atom stereocenters. The molecule has 0 aliphatic carbocycles. The van der Waals surface area contributed by atoms with Crippen LogP contribution in [0.4, 0.5) is 0 Å². The fourth-order valence-corrected chi connectivity index (χ4v) is 2.53. The molecule has 0 radical (unpaired) electrons. The van der Waals surface area contributed by atoms with Crippen molar-refractivity contribution < 1.29 is 19.0 Å². The van der Waals surface area contributed by atoms with Crippen molar-refractivity contribution in [2.45, 2.75) is 6.10 Å². The quantitative estimate of drug-likeness (QED) is 0.783. The molecule has 4 heteroatoms. The highest BCUT2D eigenvalue weighted by Gasteiger charge is 2.19. The van der Waals surface area contributed by atoms with E-state index in [1.54, 1.807) is 6.07 Å². The molecule has 3 aromatic rings. The van der Waals surface area contributed by atoms with Gasteiger partial charge in [-0.25, -0.2) is 0 Å². The van der Waals surface area contributed by atoms with Gasteiger partial charge in [0.15, 0.2) is 11.5 Å². The van der Waals surface area contributed by atoms with E-state index in [0.717, 1.165) is 16.5 Å². The summed E-state index contributed by atoms with van der Waals surface area (Å²) in [4.78, 5) is 0. The SMILES string of the molecule is OC(c1ccc2c(c1)OCCO2)c1cc2ccccc2o1. The Kier molecular flexibility index (Phi) is 2.82. The van der Waals surface area contributed by atoms with E-state index < -0.39 is 6.10 Å². The Labute approximate surface area is 121 Å². The van der Waals surface area contributed by atoms with Crippen molar-refractivity contribution in [2.24, 2.45) is 0 Å². The fourth-order valence-electron chi connectivity index (χ4n) is 2.53.